The summed E-state index contributed by atoms with van der Waals surface area (Å²) in [5.41, 5.74) is 2.43. The van der Waals surface area contributed by atoms with Gasteiger partial charge in [0, 0.05) is 17.8 Å². The standard InChI is InChI=1S/C26H29ClN4O3/c1-4-29(5-2)14-8-16-31-23(18-10-12-19(27)13-11-18)21(25(33)26(31)34)24(32)22-17(3)28-20-9-6-7-15-30(20)22/h6-7,9-13,15,23,32H,4-5,8,14,16H2,1-3H3/t23-/m0/s1. The first-order valence-corrected chi connectivity index (χ1v) is 11.9. The van der Waals surface area contributed by atoms with Gasteiger partial charge in [0.05, 0.1) is 17.3 Å². The van der Waals surface area contributed by atoms with Crippen molar-refractivity contribution in [2.75, 3.05) is 26.2 Å². The number of aliphatic hydroxyl groups is 1. The molecule has 8 heteroatoms. The number of Topliss-reactive ketones (excluding diaryl/α,β-unsaturated/α-hetero) is 1. The van der Waals surface area contributed by atoms with Crippen LogP contribution in [-0.2, 0) is 9.59 Å². The molecule has 7 nitrogen and oxygen atoms in total. The number of amides is 1. The van der Waals surface area contributed by atoms with Crippen molar-refractivity contribution in [3.8, 4) is 0 Å². The van der Waals surface area contributed by atoms with Crippen LogP contribution in [-0.4, -0.2) is 62.2 Å². The molecule has 178 valence electrons. The quantitative estimate of drug-likeness (QED) is 0.293. The molecule has 1 saturated heterocycles. The van der Waals surface area contributed by atoms with E-state index in [-0.39, 0.29) is 11.3 Å². The Hall–Kier alpha value is -3.16. The zero-order valence-electron chi connectivity index (χ0n) is 19.7. The van der Waals surface area contributed by atoms with Gasteiger partial charge in [-0.25, -0.2) is 4.98 Å². The largest absolute Gasteiger partial charge is 0.505 e. The summed E-state index contributed by atoms with van der Waals surface area (Å²) >= 11 is 6.10. The minimum Gasteiger partial charge on any atom is -0.505 e. The number of rotatable bonds is 8. The maximum absolute atomic E-state index is 13.3. The van der Waals surface area contributed by atoms with Gasteiger partial charge in [-0.3, -0.25) is 14.0 Å². The van der Waals surface area contributed by atoms with Crippen LogP contribution in [0.3, 0.4) is 0 Å². The predicted molar refractivity (Wildman–Crippen MR) is 133 cm³/mol. The van der Waals surface area contributed by atoms with Crippen molar-refractivity contribution in [1.29, 1.82) is 0 Å². The summed E-state index contributed by atoms with van der Waals surface area (Å²) in [7, 11) is 0. The molecule has 0 bridgehead atoms. The molecule has 1 atom stereocenters. The number of fused-ring (bicyclic) bond motifs is 1. The van der Waals surface area contributed by atoms with Gasteiger partial charge in [0.25, 0.3) is 11.7 Å². The molecule has 4 rings (SSSR count). The van der Waals surface area contributed by atoms with Crippen molar-refractivity contribution in [2.24, 2.45) is 0 Å². The molecule has 1 aliphatic rings. The maximum atomic E-state index is 13.3. The lowest BCUT2D eigenvalue weighted by Gasteiger charge is -2.26. The summed E-state index contributed by atoms with van der Waals surface area (Å²) in [6, 6.07) is 11.9. The van der Waals surface area contributed by atoms with E-state index in [1.54, 1.807) is 46.7 Å². The van der Waals surface area contributed by atoms with Crippen LogP contribution in [0.1, 0.15) is 43.3 Å². The van der Waals surface area contributed by atoms with Gasteiger partial charge < -0.3 is 14.9 Å². The van der Waals surface area contributed by atoms with Gasteiger partial charge in [-0.2, -0.15) is 0 Å². The Kier molecular flexibility index (Phi) is 7.05. The normalized spacial score (nSPS) is 17.9. The maximum Gasteiger partial charge on any atom is 0.295 e. The van der Waals surface area contributed by atoms with E-state index >= 15 is 0 Å². The van der Waals surface area contributed by atoms with E-state index in [2.05, 4.69) is 23.7 Å². The summed E-state index contributed by atoms with van der Waals surface area (Å²) in [5.74, 6) is -1.51. The highest BCUT2D eigenvalue weighted by Crippen LogP contribution is 2.40. The van der Waals surface area contributed by atoms with Gasteiger partial charge in [0.2, 0.25) is 0 Å². The van der Waals surface area contributed by atoms with Crippen LogP contribution < -0.4 is 0 Å². The third-order valence-corrected chi connectivity index (χ3v) is 6.67. The minimum absolute atomic E-state index is 0.0731. The third kappa shape index (κ3) is 4.33. The van der Waals surface area contributed by atoms with Crippen LogP contribution in [0.5, 0.6) is 0 Å². The SMILES string of the molecule is CCN(CC)CCCN1C(=O)C(=O)C(=C(O)c2c(C)nc3ccccn23)[C@@H]1c1ccc(Cl)cc1. The molecule has 3 aromatic rings. The number of imidazole rings is 1. The number of carbonyl (C=O) groups excluding carboxylic acids is 2. The van der Waals surface area contributed by atoms with Crippen molar-refractivity contribution in [3.05, 3.63) is 76.2 Å². The zero-order valence-corrected chi connectivity index (χ0v) is 20.4. The van der Waals surface area contributed by atoms with Crippen LogP contribution in [0, 0.1) is 6.92 Å². The van der Waals surface area contributed by atoms with Crippen LogP contribution in [0.2, 0.25) is 5.02 Å². The first-order valence-electron chi connectivity index (χ1n) is 11.6. The van der Waals surface area contributed by atoms with Crippen molar-refractivity contribution < 1.29 is 14.7 Å². The molecule has 3 heterocycles. The summed E-state index contributed by atoms with van der Waals surface area (Å²) in [6.07, 6.45) is 2.50. The smallest absolute Gasteiger partial charge is 0.295 e. The highest BCUT2D eigenvalue weighted by molar-refractivity contribution is 6.46. The molecular formula is C26H29ClN4O3. The van der Waals surface area contributed by atoms with Gasteiger partial charge in [0.1, 0.15) is 11.3 Å². The molecule has 0 saturated carbocycles. The average Bonchev–Trinajstić information content (AvgIpc) is 3.30. The third-order valence-electron chi connectivity index (χ3n) is 6.42. The fraction of sp³-hybridized carbons (Fsp3) is 0.346. The monoisotopic (exact) mass is 480 g/mol. The van der Waals surface area contributed by atoms with E-state index in [1.807, 2.05) is 18.2 Å². The van der Waals surface area contributed by atoms with E-state index in [4.69, 9.17) is 11.6 Å². The molecule has 2 aromatic heterocycles. The summed E-state index contributed by atoms with van der Waals surface area (Å²) in [5, 5.41) is 12.0. The number of carbonyl (C=O) groups is 2. The zero-order chi connectivity index (χ0) is 24.4. The average molecular weight is 481 g/mol. The van der Waals surface area contributed by atoms with Gasteiger partial charge in [0.15, 0.2) is 5.76 Å². The Bertz CT molecular complexity index is 1240. The lowest BCUT2D eigenvalue weighted by atomic mass is 9.96. The van der Waals surface area contributed by atoms with Gasteiger partial charge >= 0.3 is 0 Å². The number of nitrogens with zero attached hydrogens (tertiary/aromatic N) is 4. The van der Waals surface area contributed by atoms with Gasteiger partial charge in [-0.05, 0) is 62.8 Å². The minimum atomic E-state index is -0.706. The molecule has 1 amide bonds. The van der Waals surface area contributed by atoms with Crippen molar-refractivity contribution in [2.45, 2.75) is 33.2 Å². The molecule has 1 aromatic carbocycles. The Morgan fingerprint density at radius 3 is 2.50 bits per heavy atom. The van der Waals surface area contributed by atoms with E-state index in [0.717, 1.165) is 25.2 Å². The molecule has 1 N–H and O–H groups in total. The molecule has 0 unspecified atom stereocenters. The molecule has 0 radical (unpaired) electrons. The lowest BCUT2D eigenvalue weighted by molar-refractivity contribution is -0.140. The highest BCUT2D eigenvalue weighted by atomic mass is 35.5. The van der Waals surface area contributed by atoms with Gasteiger partial charge in [-0.1, -0.05) is 43.6 Å². The van der Waals surface area contributed by atoms with Crippen LogP contribution in [0.15, 0.2) is 54.2 Å². The predicted octanol–water partition coefficient (Wildman–Crippen LogP) is 4.45. The first-order chi connectivity index (χ1) is 16.4. The number of likely N-dealkylation sites (tertiary alicyclic amines) is 1. The topological polar surface area (TPSA) is 78.2 Å². The van der Waals surface area contributed by atoms with Crippen LogP contribution >= 0.6 is 11.6 Å². The Labute approximate surface area is 204 Å². The molecule has 1 aliphatic heterocycles. The fourth-order valence-electron chi connectivity index (χ4n) is 4.63. The summed E-state index contributed by atoms with van der Waals surface area (Å²) in [4.78, 5) is 34.8. The summed E-state index contributed by atoms with van der Waals surface area (Å²) in [6.45, 7) is 9.03. The second-order valence-electron chi connectivity index (χ2n) is 8.40. The van der Waals surface area contributed by atoms with E-state index < -0.39 is 17.7 Å². The van der Waals surface area contributed by atoms with E-state index in [1.165, 1.54) is 0 Å². The Balaban J connectivity index is 1.81. The molecule has 1 fully saturated rings. The number of aliphatic hydroxyl groups excluding tert-OH is 1. The number of aryl methyl sites for hydroxylation is 1. The van der Waals surface area contributed by atoms with E-state index in [9.17, 15) is 14.7 Å². The highest BCUT2D eigenvalue weighted by Gasteiger charge is 2.46. The molecule has 34 heavy (non-hydrogen) atoms. The van der Waals surface area contributed by atoms with Crippen molar-refractivity contribution in [3.63, 3.8) is 0 Å². The molecule has 0 aliphatic carbocycles. The number of halogens is 1. The Morgan fingerprint density at radius 2 is 1.82 bits per heavy atom. The molecule has 0 spiro atoms. The molecular weight excluding hydrogens is 452 g/mol. The number of aromatic nitrogens is 2. The van der Waals surface area contributed by atoms with Crippen LogP contribution in [0.4, 0.5) is 0 Å². The Morgan fingerprint density at radius 1 is 1.12 bits per heavy atom. The van der Waals surface area contributed by atoms with Crippen molar-refractivity contribution in [1.82, 2.24) is 19.2 Å². The second kappa shape index (κ2) is 9.99. The number of hydrogen-bond donors (Lipinski definition) is 1. The first kappa shape index (κ1) is 24.0. The number of benzene rings is 1. The van der Waals surface area contributed by atoms with Crippen LogP contribution in [0.25, 0.3) is 11.4 Å². The van der Waals surface area contributed by atoms with E-state index in [0.29, 0.717) is 35.0 Å². The second-order valence-corrected chi connectivity index (χ2v) is 8.84. The van der Waals surface area contributed by atoms with Crippen molar-refractivity contribution >= 4 is 34.7 Å². The van der Waals surface area contributed by atoms with Gasteiger partial charge in [-0.15, -0.1) is 0 Å². The number of ketones is 1. The fourth-order valence-corrected chi connectivity index (χ4v) is 4.76. The number of hydrogen-bond acceptors (Lipinski definition) is 5. The summed E-state index contributed by atoms with van der Waals surface area (Å²) < 4.78 is 1.73. The number of pyridine rings is 1. The lowest BCUT2D eigenvalue weighted by Crippen LogP contribution is -2.33.